The van der Waals surface area contributed by atoms with E-state index in [1.807, 2.05) is 13.1 Å². The SMILES string of the molecule is CCCC(C)N(C)C(=O)c1cc(Cl)ccc1NC. The van der Waals surface area contributed by atoms with E-state index in [9.17, 15) is 4.79 Å². The van der Waals surface area contributed by atoms with E-state index in [-0.39, 0.29) is 11.9 Å². The van der Waals surface area contributed by atoms with Gasteiger partial charge < -0.3 is 10.2 Å². The Morgan fingerprint density at radius 2 is 2.17 bits per heavy atom. The zero-order valence-electron chi connectivity index (χ0n) is 11.5. The van der Waals surface area contributed by atoms with Gasteiger partial charge >= 0.3 is 0 Å². The highest BCUT2D eigenvalue weighted by Crippen LogP contribution is 2.22. The van der Waals surface area contributed by atoms with Gasteiger partial charge in [-0.2, -0.15) is 0 Å². The fourth-order valence-electron chi connectivity index (χ4n) is 1.91. The molecule has 0 fully saturated rings. The maximum atomic E-state index is 12.4. The van der Waals surface area contributed by atoms with Gasteiger partial charge in [-0.1, -0.05) is 24.9 Å². The number of anilines is 1. The number of amides is 1. The minimum atomic E-state index is 0.00259. The number of carbonyl (C=O) groups is 1. The van der Waals surface area contributed by atoms with E-state index in [1.54, 1.807) is 24.1 Å². The van der Waals surface area contributed by atoms with Gasteiger partial charge in [0.1, 0.15) is 0 Å². The van der Waals surface area contributed by atoms with Gasteiger partial charge in [-0.15, -0.1) is 0 Å². The Hall–Kier alpha value is -1.22. The molecule has 0 saturated heterocycles. The van der Waals surface area contributed by atoms with Crippen molar-refractivity contribution in [3.8, 4) is 0 Å². The van der Waals surface area contributed by atoms with E-state index < -0.39 is 0 Å². The summed E-state index contributed by atoms with van der Waals surface area (Å²) in [5.74, 6) is 0.00259. The highest BCUT2D eigenvalue weighted by atomic mass is 35.5. The average Bonchev–Trinajstić information content (AvgIpc) is 2.37. The van der Waals surface area contributed by atoms with Crippen LogP contribution in [-0.4, -0.2) is 30.9 Å². The number of hydrogen-bond donors (Lipinski definition) is 1. The summed E-state index contributed by atoms with van der Waals surface area (Å²) >= 11 is 5.96. The molecule has 1 N–H and O–H groups in total. The molecule has 0 saturated carbocycles. The fourth-order valence-corrected chi connectivity index (χ4v) is 2.09. The first kappa shape index (κ1) is 14.8. The summed E-state index contributed by atoms with van der Waals surface area (Å²) in [5.41, 5.74) is 1.43. The van der Waals surface area contributed by atoms with Crippen LogP contribution in [0.4, 0.5) is 5.69 Å². The van der Waals surface area contributed by atoms with Crippen molar-refractivity contribution in [1.82, 2.24) is 4.90 Å². The number of rotatable bonds is 5. The smallest absolute Gasteiger partial charge is 0.255 e. The van der Waals surface area contributed by atoms with Crippen LogP contribution in [0.2, 0.25) is 5.02 Å². The lowest BCUT2D eigenvalue weighted by molar-refractivity contribution is 0.0737. The summed E-state index contributed by atoms with van der Waals surface area (Å²) in [6.07, 6.45) is 2.06. The first-order valence-electron chi connectivity index (χ1n) is 6.25. The number of benzene rings is 1. The average molecular weight is 269 g/mol. The molecule has 0 radical (unpaired) electrons. The molecule has 1 unspecified atom stereocenters. The molecule has 0 aromatic heterocycles. The number of nitrogens with one attached hydrogen (secondary N) is 1. The molecule has 3 nitrogen and oxygen atoms in total. The molecule has 0 spiro atoms. The second kappa shape index (κ2) is 6.64. The maximum Gasteiger partial charge on any atom is 0.255 e. The third-order valence-corrected chi connectivity index (χ3v) is 3.40. The van der Waals surface area contributed by atoms with Crippen LogP contribution < -0.4 is 5.32 Å². The largest absolute Gasteiger partial charge is 0.387 e. The molecule has 1 aromatic rings. The van der Waals surface area contributed by atoms with Crippen LogP contribution in [0.25, 0.3) is 0 Å². The standard InChI is InChI=1S/C14H21ClN2O/c1-5-6-10(2)17(4)14(18)12-9-11(15)7-8-13(12)16-3/h7-10,16H,5-6H2,1-4H3. The Balaban J connectivity index is 2.98. The van der Waals surface area contributed by atoms with Crippen LogP contribution in [0.3, 0.4) is 0 Å². The number of carbonyl (C=O) groups excluding carboxylic acids is 1. The summed E-state index contributed by atoms with van der Waals surface area (Å²) in [5, 5.41) is 3.60. The highest BCUT2D eigenvalue weighted by Gasteiger charge is 2.19. The van der Waals surface area contributed by atoms with Crippen LogP contribution in [0.5, 0.6) is 0 Å². The molecule has 0 aliphatic rings. The molecular formula is C14H21ClN2O. The Morgan fingerprint density at radius 3 is 2.72 bits per heavy atom. The molecule has 100 valence electrons. The number of hydrogen-bond acceptors (Lipinski definition) is 2. The van der Waals surface area contributed by atoms with Gasteiger partial charge in [0.2, 0.25) is 0 Å². The van der Waals surface area contributed by atoms with Crippen molar-refractivity contribution < 1.29 is 4.79 Å². The van der Waals surface area contributed by atoms with E-state index in [1.165, 1.54) is 0 Å². The van der Waals surface area contributed by atoms with Crippen molar-refractivity contribution in [3.63, 3.8) is 0 Å². The van der Waals surface area contributed by atoms with Gasteiger partial charge in [0.15, 0.2) is 0 Å². The van der Waals surface area contributed by atoms with Gasteiger partial charge in [-0.3, -0.25) is 4.79 Å². The summed E-state index contributed by atoms with van der Waals surface area (Å²) in [7, 11) is 3.64. The molecule has 1 rings (SSSR count). The summed E-state index contributed by atoms with van der Waals surface area (Å²) in [6.45, 7) is 4.18. The predicted molar refractivity (Wildman–Crippen MR) is 77.5 cm³/mol. The molecule has 1 aromatic carbocycles. The van der Waals surface area contributed by atoms with E-state index in [0.717, 1.165) is 18.5 Å². The van der Waals surface area contributed by atoms with Gasteiger partial charge in [-0.25, -0.2) is 0 Å². The first-order chi connectivity index (χ1) is 8.51. The molecule has 0 aliphatic heterocycles. The van der Waals surface area contributed by atoms with Crippen molar-refractivity contribution >= 4 is 23.2 Å². The predicted octanol–water partition coefficient (Wildman–Crippen LogP) is 3.64. The van der Waals surface area contributed by atoms with Gasteiger partial charge in [0.05, 0.1) is 5.56 Å². The molecule has 0 aliphatic carbocycles. The third-order valence-electron chi connectivity index (χ3n) is 3.17. The number of halogens is 1. The van der Waals surface area contributed by atoms with E-state index in [2.05, 4.69) is 19.2 Å². The number of nitrogens with zero attached hydrogens (tertiary/aromatic N) is 1. The first-order valence-corrected chi connectivity index (χ1v) is 6.63. The lowest BCUT2D eigenvalue weighted by Crippen LogP contribution is -2.35. The summed E-state index contributed by atoms with van der Waals surface area (Å²) in [6, 6.07) is 5.55. The summed E-state index contributed by atoms with van der Waals surface area (Å²) in [4.78, 5) is 14.2. The summed E-state index contributed by atoms with van der Waals surface area (Å²) < 4.78 is 0. The normalized spacial score (nSPS) is 12.1. The molecular weight excluding hydrogens is 248 g/mol. The molecule has 4 heteroatoms. The zero-order valence-corrected chi connectivity index (χ0v) is 12.2. The second-order valence-electron chi connectivity index (χ2n) is 4.49. The van der Waals surface area contributed by atoms with Gasteiger partial charge in [0, 0.05) is 30.8 Å². The Bertz CT molecular complexity index is 420. The van der Waals surface area contributed by atoms with Crippen LogP contribution >= 0.6 is 11.6 Å². The highest BCUT2D eigenvalue weighted by molar-refractivity contribution is 6.31. The quantitative estimate of drug-likeness (QED) is 0.884. The van der Waals surface area contributed by atoms with Crippen LogP contribution in [-0.2, 0) is 0 Å². The van der Waals surface area contributed by atoms with Crippen LogP contribution in [0.1, 0.15) is 37.0 Å². The van der Waals surface area contributed by atoms with Crippen molar-refractivity contribution in [2.45, 2.75) is 32.7 Å². The lowest BCUT2D eigenvalue weighted by Gasteiger charge is -2.25. The Morgan fingerprint density at radius 1 is 1.50 bits per heavy atom. The lowest BCUT2D eigenvalue weighted by atomic mass is 10.1. The van der Waals surface area contributed by atoms with E-state index in [4.69, 9.17) is 11.6 Å². The molecule has 18 heavy (non-hydrogen) atoms. The molecule has 0 bridgehead atoms. The molecule has 1 atom stereocenters. The molecule has 1 amide bonds. The Kier molecular flexibility index (Phi) is 5.48. The minimum absolute atomic E-state index is 0.00259. The van der Waals surface area contributed by atoms with Crippen molar-refractivity contribution in [2.24, 2.45) is 0 Å². The van der Waals surface area contributed by atoms with E-state index >= 15 is 0 Å². The topological polar surface area (TPSA) is 32.3 Å². The van der Waals surface area contributed by atoms with Crippen molar-refractivity contribution in [3.05, 3.63) is 28.8 Å². The van der Waals surface area contributed by atoms with Crippen LogP contribution in [0, 0.1) is 0 Å². The zero-order chi connectivity index (χ0) is 13.7. The monoisotopic (exact) mass is 268 g/mol. The van der Waals surface area contributed by atoms with Crippen LogP contribution in [0.15, 0.2) is 18.2 Å². The van der Waals surface area contributed by atoms with Crippen molar-refractivity contribution in [1.29, 1.82) is 0 Å². The molecule has 0 heterocycles. The van der Waals surface area contributed by atoms with Gasteiger partial charge in [0.25, 0.3) is 5.91 Å². The van der Waals surface area contributed by atoms with Gasteiger partial charge in [-0.05, 0) is 31.5 Å². The van der Waals surface area contributed by atoms with Crippen molar-refractivity contribution in [2.75, 3.05) is 19.4 Å². The maximum absolute atomic E-state index is 12.4. The fraction of sp³-hybridized carbons (Fsp3) is 0.500. The second-order valence-corrected chi connectivity index (χ2v) is 4.93. The minimum Gasteiger partial charge on any atom is -0.387 e. The Labute approximate surface area is 114 Å². The third kappa shape index (κ3) is 3.39. The van der Waals surface area contributed by atoms with E-state index in [0.29, 0.717) is 10.6 Å².